The van der Waals surface area contributed by atoms with Crippen molar-refractivity contribution < 1.29 is 9.32 Å². The van der Waals surface area contributed by atoms with E-state index in [2.05, 4.69) is 10.5 Å². The molecule has 3 N–H and O–H groups in total. The van der Waals surface area contributed by atoms with Crippen LogP contribution in [0.5, 0.6) is 0 Å². The van der Waals surface area contributed by atoms with Crippen LogP contribution in [-0.2, 0) is 0 Å². The summed E-state index contributed by atoms with van der Waals surface area (Å²) in [4.78, 5) is 11.7. The van der Waals surface area contributed by atoms with Crippen molar-refractivity contribution in [2.24, 2.45) is 5.73 Å². The Kier molecular flexibility index (Phi) is 4.30. The predicted molar refractivity (Wildman–Crippen MR) is 72.7 cm³/mol. The van der Waals surface area contributed by atoms with E-state index in [4.69, 9.17) is 10.3 Å². The number of nitrogens with one attached hydrogen (secondary N) is 1. The van der Waals surface area contributed by atoms with Crippen molar-refractivity contribution in [3.63, 3.8) is 0 Å². The average molecular weight is 259 g/mol. The highest BCUT2D eigenvalue weighted by molar-refractivity contribution is 5.92. The lowest BCUT2D eigenvalue weighted by Crippen LogP contribution is -2.25. The van der Waals surface area contributed by atoms with Crippen LogP contribution < -0.4 is 11.1 Å². The molecule has 1 heterocycles. The second-order valence-electron chi connectivity index (χ2n) is 4.34. The summed E-state index contributed by atoms with van der Waals surface area (Å²) >= 11 is 0. The third-order valence-electron chi connectivity index (χ3n) is 2.75. The lowest BCUT2D eigenvalue weighted by Gasteiger charge is -1.99. The molecule has 19 heavy (non-hydrogen) atoms. The maximum Gasteiger partial charge on any atom is 0.289 e. The Morgan fingerprint density at radius 3 is 2.79 bits per heavy atom. The average Bonchev–Trinajstić information content (AvgIpc) is 2.89. The van der Waals surface area contributed by atoms with E-state index in [-0.39, 0.29) is 11.7 Å². The Bertz CT molecular complexity index is 546. The molecule has 1 aromatic heterocycles. The third kappa shape index (κ3) is 3.42. The van der Waals surface area contributed by atoms with E-state index in [1.807, 2.05) is 31.2 Å². The zero-order chi connectivity index (χ0) is 13.7. The van der Waals surface area contributed by atoms with Gasteiger partial charge in [0.15, 0.2) is 0 Å². The van der Waals surface area contributed by atoms with Crippen molar-refractivity contribution >= 4 is 5.91 Å². The van der Waals surface area contributed by atoms with Gasteiger partial charge in [0.25, 0.3) is 5.91 Å². The van der Waals surface area contributed by atoms with Gasteiger partial charge >= 0.3 is 0 Å². The molecule has 0 aliphatic heterocycles. The number of amides is 1. The van der Waals surface area contributed by atoms with Gasteiger partial charge in [-0.15, -0.1) is 0 Å². The van der Waals surface area contributed by atoms with Gasteiger partial charge in [0.2, 0.25) is 5.76 Å². The fraction of sp³-hybridized carbons (Fsp3) is 0.286. The number of hydrogen-bond acceptors (Lipinski definition) is 4. The van der Waals surface area contributed by atoms with Crippen molar-refractivity contribution in [1.29, 1.82) is 0 Å². The molecule has 0 radical (unpaired) electrons. The Balaban J connectivity index is 2.06. The van der Waals surface area contributed by atoms with Crippen LogP contribution in [-0.4, -0.2) is 24.2 Å². The molecule has 0 spiro atoms. The van der Waals surface area contributed by atoms with E-state index in [0.29, 0.717) is 18.8 Å². The molecule has 0 unspecified atom stereocenters. The number of carbonyl (C=O) groups excluding carboxylic acids is 1. The standard InChI is InChI=1S/C14H17N3O2/c1-10-3-5-11(6-4-10)12-9-13(19-17-12)14(18)16-8-2-7-15/h3-6,9H,2,7-8,15H2,1H3,(H,16,18). The number of benzene rings is 1. The van der Waals surface area contributed by atoms with E-state index in [9.17, 15) is 4.79 Å². The summed E-state index contributed by atoms with van der Waals surface area (Å²) in [6.45, 7) is 3.10. The molecule has 2 rings (SSSR count). The van der Waals surface area contributed by atoms with Crippen LogP contribution in [0, 0.1) is 6.92 Å². The zero-order valence-electron chi connectivity index (χ0n) is 10.8. The van der Waals surface area contributed by atoms with Crippen molar-refractivity contribution in [1.82, 2.24) is 10.5 Å². The zero-order valence-corrected chi connectivity index (χ0v) is 10.8. The maximum atomic E-state index is 11.7. The fourth-order valence-electron chi connectivity index (χ4n) is 1.63. The van der Waals surface area contributed by atoms with E-state index in [1.54, 1.807) is 6.07 Å². The SMILES string of the molecule is Cc1ccc(-c2cc(C(=O)NCCCN)on2)cc1. The summed E-state index contributed by atoms with van der Waals surface area (Å²) in [5.41, 5.74) is 8.11. The minimum Gasteiger partial charge on any atom is -0.350 e. The lowest BCUT2D eigenvalue weighted by molar-refractivity contribution is 0.0916. The number of carbonyl (C=O) groups is 1. The molecule has 0 bridgehead atoms. The Morgan fingerprint density at radius 1 is 1.37 bits per heavy atom. The van der Waals surface area contributed by atoms with Gasteiger partial charge in [-0.25, -0.2) is 0 Å². The number of aromatic nitrogens is 1. The van der Waals surface area contributed by atoms with E-state index in [1.165, 1.54) is 5.56 Å². The smallest absolute Gasteiger partial charge is 0.289 e. The van der Waals surface area contributed by atoms with Crippen LogP contribution in [0.2, 0.25) is 0 Å². The molecule has 0 atom stereocenters. The molecule has 0 saturated heterocycles. The van der Waals surface area contributed by atoms with Crippen LogP contribution in [0.3, 0.4) is 0 Å². The van der Waals surface area contributed by atoms with E-state index >= 15 is 0 Å². The summed E-state index contributed by atoms with van der Waals surface area (Å²) in [5.74, 6) is -0.0492. The summed E-state index contributed by atoms with van der Waals surface area (Å²) in [7, 11) is 0. The Labute approximate surface area is 111 Å². The second-order valence-corrected chi connectivity index (χ2v) is 4.34. The van der Waals surface area contributed by atoms with Crippen molar-refractivity contribution in [3.05, 3.63) is 41.7 Å². The monoisotopic (exact) mass is 259 g/mol. The van der Waals surface area contributed by atoms with Crippen molar-refractivity contribution in [3.8, 4) is 11.3 Å². The number of aryl methyl sites for hydroxylation is 1. The number of rotatable bonds is 5. The first-order chi connectivity index (χ1) is 9.20. The molecule has 0 aliphatic rings. The summed E-state index contributed by atoms with van der Waals surface area (Å²) in [6, 6.07) is 9.52. The molecule has 1 aromatic carbocycles. The van der Waals surface area contributed by atoms with Gasteiger partial charge in [-0.2, -0.15) is 0 Å². The second kappa shape index (κ2) is 6.15. The Hall–Kier alpha value is -2.14. The molecular weight excluding hydrogens is 242 g/mol. The van der Waals surface area contributed by atoms with Gasteiger partial charge < -0.3 is 15.6 Å². The van der Waals surface area contributed by atoms with Crippen molar-refractivity contribution in [2.45, 2.75) is 13.3 Å². The van der Waals surface area contributed by atoms with Gasteiger partial charge in [0.05, 0.1) is 0 Å². The molecule has 0 aliphatic carbocycles. The molecule has 5 heteroatoms. The number of nitrogens with two attached hydrogens (primary N) is 1. The highest BCUT2D eigenvalue weighted by Crippen LogP contribution is 2.19. The van der Waals surface area contributed by atoms with Gasteiger partial charge in [-0.3, -0.25) is 4.79 Å². The minimum absolute atomic E-state index is 0.215. The van der Waals surface area contributed by atoms with Gasteiger partial charge in [-0.05, 0) is 19.9 Å². The van der Waals surface area contributed by atoms with Gasteiger partial charge in [0.1, 0.15) is 5.69 Å². The van der Waals surface area contributed by atoms with Gasteiger partial charge in [0, 0.05) is 18.2 Å². The van der Waals surface area contributed by atoms with Gasteiger partial charge in [-0.1, -0.05) is 35.0 Å². The minimum atomic E-state index is -0.265. The number of nitrogens with zero attached hydrogens (tertiary/aromatic N) is 1. The fourth-order valence-corrected chi connectivity index (χ4v) is 1.63. The van der Waals surface area contributed by atoms with Crippen LogP contribution in [0.4, 0.5) is 0 Å². The first-order valence-corrected chi connectivity index (χ1v) is 6.22. The summed E-state index contributed by atoms with van der Waals surface area (Å²) in [6.07, 6.45) is 0.741. The largest absolute Gasteiger partial charge is 0.350 e. The first kappa shape index (κ1) is 13.3. The summed E-state index contributed by atoms with van der Waals surface area (Å²) < 4.78 is 5.05. The first-order valence-electron chi connectivity index (χ1n) is 6.22. The maximum absolute atomic E-state index is 11.7. The van der Waals surface area contributed by atoms with Crippen LogP contribution in [0.1, 0.15) is 22.5 Å². The topological polar surface area (TPSA) is 81.2 Å². The molecule has 100 valence electrons. The van der Waals surface area contributed by atoms with Crippen LogP contribution in [0.15, 0.2) is 34.9 Å². The number of hydrogen-bond donors (Lipinski definition) is 2. The van der Waals surface area contributed by atoms with Crippen LogP contribution >= 0.6 is 0 Å². The molecular formula is C14H17N3O2. The van der Waals surface area contributed by atoms with Crippen molar-refractivity contribution in [2.75, 3.05) is 13.1 Å². The summed E-state index contributed by atoms with van der Waals surface area (Å²) in [5, 5.41) is 6.63. The van der Waals surface area contributed by atoms with E-state index < -0.39 is 0 Å². The predicted octanol–water partition coefficient (Wildman–Crippen LogP) is 1.73. The lowest BCUT2D eigenvalue weighted by atomic mass is 10.1. The quantitative estimate of drug-likeness (QED) is 0.801. The van der Waals surface area contributed by atoms with Crippen LogP contribution in [0.25, 0.3) is 11.3 Å². The Morgan fingerprint density at radius 2 is 2.11 bits per heavy atom. The highest BCUT2D eigenvalue weighted by Gasteiger charge is 2.13. The third-order valence-corrected chi connectivity index (χ3v) is 2.75. The highest BCUT2D eigenvalue weighted by atomic mass is 16.5. The normalized spacial score (nSPS) is 10.4. The molecule has 5 nitrogen and oxygen atoms in total. The molecule has 1 amide bonds. The molecule has 0 fully saturated rings. The van der Waals surface area contributed by atoms with E-state index in [0.717, 1.165) is 12.0 Å². The molecule has 0 saturated carbocycles. The molecule has 2 aromatic rings.